The van der Waals surface area contributed by atoms with E-state index in [0.717, 1.165) is 22.1 Å². The van der Waals surface area contributed by atoms with Gasteiger partial charge < -0.3 is 10.1 Å². The zero-order chi connectivity index (χ0) is 19.2. The minimum Gasteiger partial charge on any atom is -0.481 e. The third kappa shape index (κ3) is 5.53. The Morgan fingerprint density at radius 1 is 1.08 bits per heavy atom. The molecule has 0 saturated carbocycles. The molecule has 0 bridgehead atoms. The molecule has 0 unspecified atom stereocenters. The summed E-state index contributed by atoms with van der Waals surface area (Å²) in [4.78, 5) is 13.8. The molecule has 1 amide bonds. The van der Waals surface area contributed by atoms with Crippen molar-refractivity contribution in [3.63, 3.8) is 0 Å². The van der Waals surface area contributed by atoms with Crippen LogP contribution in [0.1, 0.15) is 46.6 Å². The summed E-state index contributed by atoms with van der Waals surface area (Å²) < 4.78 is 5.95. The van der Waals surface area contributed by atoms with Crippen LogP contribution < -0.4 is 10.1 Å². The highest BCUT2D eigenvalue weighted by Gasteiger charge is 2.20. The van der Waals surface area contributed by atoms with Crippen molar-refractivity contribution in [2.24, 2.45) is 0 Å². The Balaban J connectivity index is 2.07. The Kier molecular flexibility index (Phi) is 7.15. The molecular formula is C22H29NO2S. The number of hydrogen-bond acceptors (Lipinski definition) is 3. The summed E-state index contributed by atoms with van der Waals surface area (Å²) in [6.45, 7) is 10.6. The highest BCUT2D eigenvalue weighted by molar-refractivity contribution is 7.99. The summed E-state index contributed by atoms with van der Waals surface area (Å²) in [7, 11) is 0. The standard InChI is InChI=1S/C22H29NO2S/c1-6-19(25-17-14-12-16(13-15-17)22(3,4)5)21(24)23-18-10-8-9-11-20(18)26-7-2/h8-15,19H,6-7H2,1-5H3,(H,23,24)/t19-/m0/s1. The van der Waals surface area contributed by atoms with Gasteiger partial charge in [-0.3, -0.25) is 4.79 Å². The number of ether oxygens (including phenoxy) is 1. The highest BCUT2D eigenvalue weighted by atomic mass is 32.2. The van der Waals surface area contributed by atoms with Crippen molar-refractivity contribution in [1.82, 2.24) is 0 Å². The van der Waals surface area contributed by atoms with Gasteiger partial charge in [0.15, 0.2) is 6.10 Å². The Morgan fingerprint density at radius 2 is 1.73 bits per heavy atom. The quantitative estimate of drug-likeness (QED) is 0.617. The van der Waals surface area contributed by atoms with E-state index in [1.54, 1.807) is 11.8 Å². The van der Waals surface area contributed by atoms with Crippen LogP contribution in [-0.4, -0.2) is 17.8 Å². The largest absolute Gasteiger partial charge is 0.481 e. The van der Waals surface area contributed by atoms with Crippen molar-refractivity contribution in [2.45, 2.75) is 57.5 Å². The molecule has 0 aromatic heterocycles. The number of hydrogen-bond donors (Lipinski definition) is 1. The Hall–Kier alpha value is -1.94. The number of rotatable bonds is 7. The van der Waals surface area contributed by atoms with Crippen molar-refractivity contribution in [1.29, 1.82) is 0 Å². The number of anilines is 1. The van der Waals surface area contributed by atoms with Crippen LogP contribution in [0.15, 0.2) is 53.4 Å². The van der Waals surface area contributed by atoms with Gasteiger partial charge in [0.1, 0.15) is 5.75 Å². The molecule has 26 heavy (non-hydrogen) atoms. The summed E-state index contributed by atoms with van der Waals surface area (Å²) in [5.74, 6) is 1.56. The Labute approximate surface area is 161 Å². The number of carbonyl (C=O) groups excluding carboxylic acids is 1. The molecule has 0 aliphatic heterocycles. The van der Waals surface area contributed by atoms with Crippen LogP contribution in [0.3, 0.4) is 0 Å². The first-order valence-corrected chi connectivity index (χ1v) is 10.1. The molecule has 0 radical (unpaired) electrons. The fourth-order valence-electron chi connectivity index (χ4n) is 2.58. The number of thioether (sulfide) groups is 1. The molecule has 140 valence electrons. The van der Waals surface area contributed by atoms with Gasteiger partial charge in [0.25, 0.3) is 5.91 Å². The Bertz CT molecular complexity index is 720. The van der Waals surface area contributed by atoms with Gasteiger partial charge in [0, 0.05) is 4.90 Å². The maximum absolute atomic E-state index is 12.7. The van der Waals surface area contributed by atoms with E-state index >= 15 is 0 Å². The van der Waals surface area contributed by atoms with E-state index in [2.05, 4.69) is 45.1 Å². The molecule has 0 aliphatic rings. The summed E-state index contributed by atoms with van der Waals surface area (Å²) in [6.07, 6.45) is 0.0887. The predicted octanol–water partition coefficient (Wildman–Crippen LogP) is 5.89. The van der Waals surface area contributed by atoms with Gasteiger partial charge in [-0.05, 0) is 47.4 Å². The van der Waals surface area contributed by atoms with Crippen molar-refractivity contribution in [3.05, 3.63) is 54.1 Å². The van der Waals surface area contributed by atoms with Crippen LogP contribution in [0.5, 0.6) is 5.75 Å². The third-order valence-electron chi connectivity index (χ3n) is 4.11. The van der Waals surface area contributed by atoms with E-state index in [4.69, 9.17) is 4.74 Å². The lowest BCUT2D eigenvalue weighted by Gasteiger charge is -2.21. The topological polar surface area (TPSA) is 38.3 Å². The minimum atomic E-state index is -0.518. The van der Waals surface area contributed by atoms with Crippen molar-refractivity contribution in [2.75, 3.05) is 11.1 Å². The molecule has 1 N–H and O–H groups in total. The van der Waals surface area contributed by atoms with Crippen LogP contribution in [0.25, 0.3) is 0 Å². The second-order valence-electron chi connectivity index (χ2n) is 7.21. The third-order valence-corrected chi connectivity index (χ3v) is 5.06. The van der Waals surface area contributed by atoms with Crippen molar-refractivity contribution in [3.8, 4) is 5.75 Å². The summed E-state index contributed by atoms with van der Waals surface area (Å²) in [5, 5.41) is 3.02. The monoisotopic (exact) mass is 371 g/mol. The predicted molar refractivity (Wildman–Crippen MR) is 111 cm³/mol. The second-order valence-corrected chi connectivity index (χ2v) is 8.51. The van der Waals surface area contributed by atoms with Gasteiger partial charge in [0.05, 0.1) is 5.69 Å². The zero-order valence-electron chi connectivity index (χ0n) is 16.3. The minimum absolute atomic E-state index is 0.0979. The molecule has 2 aromatic rings. The fraction of sp³-hybridized carbons (Fsp3) is 0.409. The van der Waals surface area contributed by atoms with Crippen LogP contribution in [0.2, 0.25) is 0 Å². The van der Waals surface area contributed by atoms with E-state index in [1.165, 1.54) is 5.56 Å². The van der Waals surface area contributed by atoms with E-state index < -0.39 is 6.10 Å². The van der Waals surface area contributed by atoms with Gasteiger partial charge in [-0.15, -0.1) is 11.8 Å². The molecule has 1 atom stereocenters. The summed E-state index contributed by atoms with van der Waals surface area (Å²) in [5.41, 5.74) is 2.18. The maximum Gasteiger partial charge on any atom is 0.265 e. The zero-order valence-corrected chi connectivity index (χ0v) is 17.2. The number of carbonyl (C=O) groups is 1. The molecule has 0 saturated heterocycles. The number of benzene rings is 2. The first kappa shape index (κ1) is 20.4. The normalized spacial score (nSPS) is 12.5. The van der Waals surface area contributed by atoms with Crippen LogP contribution in [0, 0.1) is 0 Å². The van der Waals surface area contributed by atoms with Gasteiger partial charge in [-0.2, -0.15) is 0 Å². The molecule has 2 aromatic carbocycles. The molecule has 2 rings (SSSR count). The van der Waals surface area contributed by atoms with Crippen LogP contribution in [0.4, 0.5) is 5.69 Å². The van der Waals surface area contributed by atoms with Crippen molar-refractivity contribution >= 4 is 23.4 Å². The van der Waals surface area contributed by atoms with Gasteiger partial charge in [-0.1, -0.05) is 58.9 Å². The molecule has 0 aliphatic carbocycles. The number of para-hydroxylation sites is 1. The molecule has 0 spiro atoms. The fourth-order valence-corrected chi connectivity index (χ4v) is 3.34. The van der Waals surface area contributed by atoms with Gasteiger partial charge >= 0.3 is 0 Å². The average Bonchev–Trinajstić information content (AvgIpc) is 2.61. The highest BCUT2D eigenvalue weighted by Crippen LogP contribution is 2.28. The number of nitrogens with one attached hydrogen (secondary N) is 1. The van der Waals surface area contributed by atoms with E-state index in [-0.39, 0.29) is 11.3 Å². The van der Waals surface area contributed by atoms with E-state index in [0.29, 0.717) is 6.42 Å². The molecule has 3 nitrogen and oxygen atoms in total. The smallest absolute Gasteiger partial charge is 0.265 e. The van der Waals surface area contributed by atoms with Crippen LogP contribution in [-0.2, 0) is 10.2 Å². The van der Waals surface area contributed by atoms with Gasteiger partial charge in [0.2, 0.25) is 0 Å². The summed E-state index contributed by atoms with van der Waals surface area (Å²) >= 11 is 1.72. The lowest BCUT2D eigenvalue weighted by atomic mass is 9.87. The average molecular weight is 372 g/mol. The molecule has 0 heterocycles. The van der Waals surface area contributed by atoms with Crippen LogP contribution >= 0.6 is 11.8 Å². The lowest BCUT2D eigenvalue weighted by Crippen LogP contribution is -2.32. The first-order valence-electron chi connectivity index (χ1n) is 9.15. The molecule has 0 fully saturated rings. The lowest BCUT2D eigenvalue weighted by molar-refractivity contribution is -0.122. The van der Waals surface area contributed by atoms with E-state index in [1.807, 2.05) is 43.3 Å². The molecule has 4 heteroatoms. The SMILES string of the molecule is CCSc1ccccc1NC(=O)[C@H](CC)Oc1ccc(C(C)(C)C)cc1. The second kappa shape index (κ2) is 9.13. The summed E-state index contributed by atoms with van der Waals surface area (Å²) in [6, 6.07) is 15.9. The van der Waals surface area contributed by atoms with E-state index in [9.17, 15) is 4.79 Å². The van der Waals surface area contributed by atoms with Crippen molar-refractivity contribution < 1.29 is 9.53 Å². The number of amides is 1. The first-order chi connectivity index (χ1) is 12.3. The maximum atomic E-state index is 12.7. The molecular weight excluding hydrogens is 342 g/mol. The Morgan fingerprint density at radius 3 is 2.31 bits per heavy atom. The van der Waals surface area contributed by atoms with Gasteiger partial charge in [-0.25, -0.2) is 0 Å².